The van der Waals surface area contributed by atoms with E-state index in [0.717, 1.165) is 62.3 Å². The van der Waals surface area contributed by atoms with E-state index in [2.05, 4.69) is 43.3 Å². The van der Waals surface area contributed by atoms with E-state index in [-0.39, 0.29) is 0 Å². The van der Waals surface area contributed by atoms with Gasteiger partial charge in [-0.05, 0) is 61.6 Å². The molecule has 6 aromatic rings. The maximum atomic E-state index is 5.42. The first-order valence-corrected chi connectivity index (χ1v) is 11.7. The zero-order valence-electron chi connectivity index (χ0n) is 20.3. The molecular weight excluding hydrogens is 450 g/mol. The summed E-state index contributed by atoms with van der Waals surface area (Å²) in [6, 6.07) is 20.2. The van der Waals surface area contributed by atoms with Gasteiger partial charge in [0.05, 0.1) is 29.4 Å². The van der Waals surface area contributed by atoms with Crippen LogP contribution in [0.5, 0.6) is 5.75 Å². The lowest BCUT2D eigenvalue weighted by Crippen LogP contribution is -2.10. The Morgan fingerprint density at radius 3 is 2.61 bits per heavy atom. The van der Waals surface area contributed by atoms with Crippen LogP contribution in [0.2, 0.25) is 0 Å². The average Bonchev–Trinajstić information content (AvgIpc) is 3.52. The Bertz CT molecular complexity index is 1700. The maximum Gasteiger partial charge on any atom is 0.161 e. The van der Waals surface area contributed by atoms with Gasteiger partial charge < -0.3 is 14.6 Å². The first-order chi connectivity index (χ1) is 17.6. The summed E-state index contributed by atoms with van der Waals surface area (Å²) in [7, 11) is 5.76. The molecule has 8 heteroatoms. The second-order valence-electron chi connectivity index (χ2n) is 9.00. The van der Waals surface area contributed by atoms with Gasteiger partial charge in [0.2, 0.25) is 0 Å². The van der Waals surface area contributed by atoms with Crippen molar-refractivity contribution in [2.24, 2.45) is 0 Å². The van der Waals surface area contributed by atoms with Crippen molar-refractivity contribution >= 4 is 22.1 Å². The number of aromatic nitrogens is 6. The van der Waals surface area contributed by atoms with Gasteiger partial charge in [0, 0.05) is 30.1 Å². The zero-order chi connectivity index (χ0) is 24.6. The Balaban J connectivity index is 1.44. The molecule has 0 unspecified atom stereocenters. The van der Waals surface area contributed by atoms with E-state index in [1.54, 1.807) is 7.11 Å². The van der Waals surface area contributed by atoms with Crippen molar-refractivity contribution in [3.63, 3.8) is 0 Å². The van der Waals surface area contributed by atoms with Crippen LogP contribution in [0.3, 0.4) is 0 Å². The Labute approximate surface area is 208 Å². The van der Waals surface area contributed by atoms with E-state index in [0.29, 0.717) is 11.5 Å². The van der Waals surface area contributed by atoms with Crippen molar-refractivity contribution in [1.82, 2.24) is 35.0 Å². The lowest BCUT2D eigenvalue weighted by Gasteiger charge is -2.10. The number of nitrogens with zero attached hydrogens (tertiary/aromatic N) is 5. The van der Waals surface area contributed by atoms with E-state index < -0.39 is 0 Å². The standard InChI is InChI=1S/C28H25N7O/c1-35(2)16-17-12-19(15-29-14-17)22-10-11-24-26(30-22)27(34-33-24)28-31-23-9-5-8-21(25(23)32-28)18-6-4-7-20(13-18)36-3/h4-15H,16H2,1-3H3,(H,31,32)(H,33,34). The zero-order valence-corrected chi connectivity index (χ0v) is 20.3. The quantitative estimate of drug-likeness (QED) is 0.339. The molecule has 6 rings (SSSR count). The van der Waals surface area contributed by atoms with E-state index >= 15 is 0 Å². The molecule has 0 fully saturated rings. The van der Waals surface area contributed by atoms with Crippen LogP contribution in [0, 0.1) is 0 Å². The Morgan fingerprint density at radius 2 is 1.75 bits per heavy atom. The number of nitrogens with one attached hydrogen (secondary N) is 2. The smallest absolute Gasteiger partial charge is 0.161 e. The third-order valence-corrected chi connectivity index (χ3v) is 6.11. The van der Waals surface area contributed by atoms with E-state index in [1.165, 1.54) is 0 Å². The van der Waals surface area contributed by atoms with Crippen molar-refractivity contribution < 1.29 is 4.74 Å². The summed E-state index contributed by atoms with van der Waals surface area (Å²) in [5, 5.41) is 7.66. The monoisotopic (exact) mass is 475 g/mol. The highest BCUT2D eigenvalue weighted by molar-refractivity contribution is 5.96. The lowest BCUT2D eigenvalue weighted by molar-refractivity contribution is 0.402. The predicted molar refractivity (Wildman–Crippen MR) is 142 cm³/mol. The topological polar surface area (TPSA) is 95.6 Å². The molecular formula is C28H25N7O. The molecule has 2 aromatic carbocycles. The molecule has 36 heavy (non-hydrogen) atoms. The normalized spacial score (nSPS) is 11.6. The fourth-order valence-electron chi connectivity index (χ4n) is 4.47. The summed E-state index contributed by atoms with van der Waals surface area (Å²) >= 11 is 0. The molecule has 178 valence electrons. The van der Waals surface area contributed by atoms with Crippen LogP contribution in [0.15, 0.2) is 73.1 Å². The summed E-state index contributed by atoms with van der Waals surface area (Å²) in [6.07, 6.45) is 3.73. The Morgan fingerprint density at radius 1 is 0.861 bits per heavy atom. The van der Waals surface area contributed by atoms with Crippen LogP contribution in [0.1, 0.15) is 5.56 Å². The first kappa shape index (κ1) is 21.9. The lowest BCUT2D eigenvalue weighted by atomic mass is 10.0. The van der Waals surface area contributed by atoms with E-state index in [4.69, 9.17) is 14.7 Å². The average molecular weight is 476 g/mol. The molecule has 2 N–H and O–H groups in total. The summed E-state index contributed by atoms with van der Waals surface area (Å²) < 4.78 is 5.42. The highest BCUT2D eigenvalue weighted by atomic mass is 16.5. The first-order valence-electron chi connectivity index (χ1n) is 11.7. The molecule has 4 aromatic heterocycles. The minimum atomic E-state index is 0.663. The van der Waals surface area contributed by atoms with Gasteiger partial charge in [-0.2, -0.15) is 5.10 Å². The number of para-hydroxylation sites is 1. The van der Waals surface area contributed by atoms with E-state index in [1.807, 2.05) is 69.0 Å². The minimum Gasteiger partial charge on any atom is -0.497 e. The number of H-pyrrole nitrogens is 2. The molecule has 0 saturated carbocycles. The number of benzene rings is 2. The van der Waals surface area contributed by atoms with Gasteiger partial charge >= 0.3 is 0 Å². The number of pyridine rings is 2. The van der Waals surface area contributed by atoms with Crippen molar-refractivity contribution in [3.05, 3.63) is 78.6 Å². The predicted octanol–water partition coefficient (Wildman–Crippen LogP) is 5.30. The van der Waals surface area contributed by atoms with Crippen molar-refractivity contribution in [2.75, 3.05) is 21.2 Å². The van der Waals surface area contributed by atoms with E-state index in [9.17, 15) is 0 Å². The second-order valence-corrected chi connectivity index (χ2v) is 9.00. The van der Waals surface area contributed by atoms with Crippen molar-refractivity contribution in [1.29, 1.82) is 0 Å². The molecule has 0 aliphatic rings. The fraction of sp³-hybridized carbons (Fsp3) is 0.143. The van der Waals surface area contributed by atoms with Crippen LogP contribution in [-0.4, -0.2) is 56.2 Å². The van der Waals surface area contributed by atoms with Crippen LogP contribution in [-0.2, 0) is 6.54 Å². The SMILES string of the molecule is COc1cccc(-c2cccc3[nH]c(-c4n[nH]c5ccc(-c6cncc(CN(C)C)c6)nc45)nc23)c1. The maximum absolute atomic E-state index is 5.42. The third kappa shape index (κ3) is 3.97. The van der Waals surface area contributed by atoms with Crippen LogP contribution in [0.4, 0.5) is 0 Å². The second kappa shape index (κ2) is 8.90. The number of rotatable bonds is 6. The van der Waals surface area contributed by atoms with Crippen molar-refractivity contribution in [2.45, 2.75) is 6.54 Å². The number of aromatic amines is 2. The number of fused-ring (bicyclic) bond motifs is 2. The highest BCUT2D eigenvalue weighted by Gasteiger charge is 2.17. The number of methoxy groups -OCH3 is 1. The number of hydrogen-bond donors (Lipinski definition) is 2. The van der Waals surface area contributed by atoms with Crippen LogP contribution >= 0.6 is 0 Å². The van der Waals surface area contributed by atoms with Crippen molar-refractivity contribution in [3.8, 4) is 39.7 Å². The molecule has 0 atom stereocenters. The van der Waals surface area contributed by atoms with Gasteiger partial charge in [-0.1, -0.05) is 24.3 Å². The van der Waals surface area contributed by atoms with Gasteiger partial charge in [-0.15, -0.1) is 0 Å². The summed E-state index contributed by atoms with van der Waals surface area (Å²) in [6.45, 7) is 0.814. The molecule has 0 amide bonds. The summed E-state index contributed by atoms with van der Waals surface area (Å²) in [5.41, 5.74) is 9.08. The molecule has 0 saturated heterocycles. The summed E-state index contributed by atoms with van der Waals surface area (Å²) in [4.78, 5) is 19.9. The molecule has 4 heterocycles. The number of hydrogen-bond acceptors (Lipinski definition) is 6. The Hall–Kier alpha value is -4.56. The van der Waals surface area contributed by atoms with Gasteiger partial charge in [-0.25, -0.2) is 9.97 Å². The third-order valence-electron chi connectivity index (χ3n) is 6.11. The van der Waals surface area contributed by atoms with Gasteiger partial charge in [0.25, 0.3) is 0 Å². The summed E-state index contributed by atoms with van der Waals surface area (Å²) in [5.74, 6) is 1.47. The molecule has 0 aliphatic heterocycles. The molecule has 0 aliphatic carbocycles. The minimum absolute atomic E-state index is 0.663. The van der Waals surface area contributed by atoms with Crippen LogP contribution in [0.25, 0.3) is 56.0 Å². The molecule has 0 spiro atoms. The largest absolute Gasteiger partial charge is 0.497 e. The van der Waals surface area contributed by atoms with Gasteiger partial charge in [0.15, 0.2) is 11.5 Å². The highest BCUT2D eigenvalue weighted by Crippen LogP contribution is 2.33. The van der Waals surface area contributed by atoms with Crippen LogP contribution < -0.4 is 4.74 Å². The van der Waals surface area contributed by atoms with Gasteiger partial charge in [0.1, 0.15) is 11.3 Å². The Kier molecular flexibility index (Phi) is 5.42. The fourth-order valence-corrected chi connectivity index (χ4v) is 4.47. The molecule has 0 radical (unpaired) electrons. The van der Waals surface area contributed by atoms with Gasteiger partial charge in [-0.3, -0.25) is 10.1 Å². The number of ether oxygens (including phenoxy) is 1. The molecule has 0 bridgehead atoms. The number of imidazole rings is 1. The molecule has 8 nitrogen and oxygen atoms in total.